The summed E-state index contributed by atoms with van der Waals surface area (Å²) in [6.07, 6.45) is 6.69. The molecule has 4 heteroatoms. The summed E-state index contributed by atoms with van der Waals surface area (Å²) in [5.74, 6) is -0.552. The number of aromatic nitrogens is 1. The fourth-order valence-electron chi connectivity index (χ4n) is 3.42. The van der Waals surface area contributed by atoms with E-state index in [1.807, 2.05) is 0 Å². The number of pyridine rings is 1. The summed E-state index contributed by atoms with van der Waals surface area (Å²) in [5, 5.41) is 0. The highest BCUT2D eigenvalue weighted by Crippen LogP contribution is 2.38. The normalized spacial score (nSPS) is 31.6. The summed E-state index contributed by atoms with van der Waals surface area (Å²) >= 11 is 0. The molecule has 2 bridgehead atoms. The zero-order valence-corrected chi connectivity index (χ0v) is 10.5. The van der Waals surface area contributed by atoms with Crippen LogP contribution in [0, 0.1) is 11.7 Å². The minimum Gasteiger partial charge on any atom is -0.300 e. The Morgan fingerprint density at radius 2 is 2.06 bits per heavy atom. The van der Waals surface area contributed by atoms with Gasteiger partial charge in [-0.2, -0.15) is 0 Å². The van der Waals surface area contributed by atoms with Gasteiger partial charge in [0.1, 0.15) is 0 Å². The molecular formula is C14H17FN2O. The molecule has 0 saturated carbocycles. The number of piperidine rings is 1. The van der Waals surface area contributed by atoms with Gasteiger partial charge in [-0.1, -0.05) is 0 Å². The van der Waals surface area contributed by atoms with E-state index in [-0.39, 0.29) is 17.3 Å². The van der Waals surface area contributed by atoms with Crippen molar-refractivity contribution < 1.29 is 9.18 Å². The van der Waals surface area contributed by atoms with E-state index >= 15 is 0 Å². The van der Waals surface area contributed by atoms with Gasteiger partial charge < -0.3 is 4.90 Å². The van der Waals surface area contributed by atoms with Crippen LogP contribution >= 0.6 is 0 Å². The van der Waals surface area contributed by atoms with Crippen molar-refractivity contribution in [2.24, 2.45) is 5.92 Å². The second kappa shape index (κ2) is 4.43. The maximum absolute atomic E-state index is 13.6. The minimum atomic E-state index is -0.492. The number of fused-ring (bicyclic) bond motifs is 2. The fourth-order valence-corrected chi connectivity index (χ4v) is 3.42. The Morgan fingerprint density at radius 1 is 1.39 bits per heavy atom. The van der Waals surface area contributed by atoms with Crippen LogP contribution in [0.2, 0.25) is 0 Å². The summed E-state index contributed by atoms with van der Waals surface area (Å²) in [5.41, 5.74) is 0.207. The third-order valence-corrected chi connectivity index (χ3v) is 4.51. The molecule has 2 fully saturated rings. The number of carbonyl (C=O) groups excluding carboxylic acids is 1. The molecule has 2 unspecified atom stereocenters. The lowest BCUT2D eigenvalue weighted by molar-refractivity contribution is 0.0763. The van der Waals surface area contributed by atoms with Crippen LogP contribution < -0.4 is 0 Å². The summed E-state index contributed by atoms with van der Waals surface area (Å²) in [7, 11) is 2.13. The van der Waals surface area contributed by atoms with Crippen molar-refractivity contribution in [2.45, 2.75) is 37.8 Å². The molecule has 2 aliphatic heterocycles. The first kappa shape index (κ1) is 11.8. The Kier molecular flexibility index (Phi) is 2.90. The second-order valence-corrected chi connectivity index (χ2v) is 5.44. The highest BCUT2D eigenvalue weighted by molar-refractivity contribution is 5.98. The Bertz CT molecular complexity index is 463. The van der Waals surface area contributed by atoms with E-state index in [1.165, 1.54) is 25.1 Å². The Balaban J connectivity index is 1.81. The Morgan fingerprint density at radius 3 is 2.67 bits per heavy atom. The molecule has 2 saturated heterocycles. The molecule has 0 amide bonds. The van der Waals surface area contributed by atoms with Crippen LogP contribution in [0.1, 0.15) is 36.0 Å². The van der Waals surface area contributed by atoms with Crippen molar-refractivity contribution in [1.82, 2.24) is 9.88 Å². The molecule has 3 rings (SSSR count). The third kappa shape index (κ3) is 1.85. The number of halogens is 1. The van der Waals surface area contributed by atoms with E-state index in [4.69, 9.17) is 0 Å². The number of Topliss-reactive ketones (excluding diaryl/α,β-unsaturated/α-hetero) is 1. The molecule has 1 aromatic rings. The summed E-state index contributed by atoms with van der Waals surface area (Å²) in [6, 6.07) is 2.50. The van der Waals surface area contributed by atoms with Gasteiger partial charge in [0.05, 0.1) is 11.8 Å². The van der Waals surface area contributed by atoms with Gasteiger partial charge in [-0.15, -0.1) is 0 Å². The van der Waals surface area contributed by atoms with Gasteiger partial charge in [-0.3, -0.25) is 9.78 Å². The average Bonchev–Trinajstić information content (AvgIpc) is 2.61. The molecule has 1 aromatic heterocycles. The van der Waals surface area contributed by atoms with Crippen molar-refractivity contribution in [1.29, 1.82) is 0 Å². The van der Waals surface area contributed by atoms with Crippen LogP contribution in [0.3, 0.4) is 0 Å². The van der Waals surface area contributed by atoms with Crippen LogP contribution in [0.5, 0.6) is 0 Å². The van der Waals surface area contributed by atoms with E-state index in [1.54, 1.807) is 0 Å². The van der Waals surface area contributed by atoms with Gasteiger partial charge in [-0.25, -0.2) is 4.39 Å². The van der Waals surface area contributed by atoms with Gasteiger partial charge in [0.25, 0.3) is 0 Å². The monoisotopic (exact) mass is 248 g/mol. The topological polar surface area (TPSA) is 33.2 Å². The molecule has 0 N–H and O–H groups in total. The first-order valence-electron chi connectivity index (χ1n) is 6.52. The molecule has 0 aromatic carbocycles. The zero-order chi connectivity index (χ0) is 12.7. The van der Waals surface area contributed by atoms with Gasteiger partial charge in [-0.05, 0) is 38.8 Å². The van der Waals surface area contributed by atoms with Crippen LogP contribution in [0.15, 0.2) is 18.5 Å². The van der Waals surface area contributed by atoms with Crippen LogP contribution in [0.25, 0.3) is 0 Å². The maximum Gasteiger partial charge on any atom is 0.169 e. The van der Waals surface area contributed by atoms with E-state index in [0.29, 0.717) is 12.1 Å². The molecule has 0 radical (unpaired) electrons. The Labute approximate surface area is 106 Å². The number of hydrogen-bond acceptors (Lipinski definition) is 3. The molecule has 3 nitrogen and oxygen atoms in total. The lowest BCUT2D eigenvalue weighted by atomic mass is 9.85. The van der Waals surface area contributed by atoms with Crippen molar-refractivity contribution in [2.75, 3.05) is 7.05 Å². The largest absolute Gasteiger partial charge is 0.300 e. The van der Waals surface area contributed by atoms with Gasteiger partial charge in [0.15, 0.2) is 11.6 Å². The van der Waals surface area contributed by atoms with E-state index < -0.39 is 5.82 Å². The molecule has 2 aliphatic rings. The van der Waals surface area contributed by atoms with Crippen LogP contribution in [0.4, 0.5) is 4.39 Å². The molecule has 0 aliphatic carbocycles. The van der Waals surface area contributed by atoms with Gasteiger partial charge >= 0.3 is 0 Å². The summed E-state index contributed by atoms with van der Waals surface area (Å²) in [6.45, 7) is 0. The predicted octanol–water partition coefficient (Wildman–Crippen LogP) is 2.28. The van der Waals surface area contributed by atoms with Crippen LogP contribution in [-0.4, -0.2) is 34.8 Å². The number of hydrogen-bond donors (Lipinski definition) is 0. The first-order chi connectivity index (χ1) is 8.66. The molecular weight excluding hydrogens is 231 g/mol. The van der Waals surface area contributed by atoms with E-state index in [9.17, 15) is 9.18 Å². The highest BCUT2D eigenvalue weighted by atomic mass is 19.1. The van der Waals surface area contributed by atoms with E-state index in [2.05, 4.69) is 16.9 Å². The predicted molar refractivity (Wildman–Crippen MR) is 65.8 cm³/mol. The quantitative estimate of drug-likeness (QED) is 0.753. The summed E-state index contributed by atoms with van der Waals surface area (Å²) < 4.78 is 13.6. The molecule has 96 valence electrons. The first-order valence-corrected chi connectivity index (χ1v) is 6.52. The number of rotatable bonds is 2. The smallest absolute Gasteiger partial charge is 0.169 e. The van der Waals surface area contributed by atoms with Gasteiger partial charge in [0.2, 0.25) is 0 Å². The number of carbonyl (C=O) groups is 1. The molecule has 2 atom stereocenters. The maximum atomic E-state index is 13.6. The lowest BCUT2D eigenvalue weighted by Gasteiger charge is -2.35. The lowest BCUT2D eigenvalue weighted by Crippen LogP contribution is -2.42. The fraction of sp³-hybridized carbons (Fsp3) is 0.571. The molecule has 18 heavy (non-hydrogen) atoms. The highest BCUT2D eigenvalue weighted by Gasteiger charge is 2.41. The number of nitrogens with zero attached hydrogens (tertiary/aromatic N) is 2. The Hall–Kier alpha value is -1.29. The standard InChI is InChI=1S/C14H17FN2O/c1-17-10-2-3-11(17)7-9(6-10)14(18)12-4-5-16-8-13(12)15/h4-5,8-11H,2-3,6-7H2,1H3. The second-order valence-electron chi connectivity index (χ2n) is 5.44. The summed E-state index contributed by atoms with van der Waals surface area (Å²) in [4.78, 5) is 18.4. The number of ketones is 1. The zero-order valence-electron chi connectivity index (χ0n) is 10.5. The van der Waals surface area contributed by atoms with Crippen molar-refractivity contribution in [3.05, 3.63) is 29.8 Å². The third-order valence-electron chi connectivity index (χ3n) is 4.51. The minimum absolute atomic E-state index is 0.0180. The van der Waals surface area contributed by atoms with Crippen molar-refractivity contribution >= 4 is 5.78 Å². The van der Waals surface area contributed by atoms with Crippen LogP contribution in [-0.2, 0) is 0 Å². The van der Waals surface area contributed by atoms with Gasteiger partial charge in [0, 0.05) is 24.2 Å². The average molecular weight is 248 g/mol. The molecule has 3 heterocycles. The van der Waals surface area contributed by atoms with Crippen molar-refractivity contribution in [3.8, 4) is 0 Å². The SMILES string of the molecule is CN1C2CCC1CC(C(=O)c1ccncc1F)C2. The molecule has 0 spiro atoms. The van der Waals surface area contributed by atoms with Crippen molar-refractivity contribution in [3.63, 3.8) is 0 Å². The van der Waals surface area contributed by atoms with E-state index in [0.717, 1.165) is 19.0 Å².